The number of carbonyl (C=O) groups excluding carboxylic acids is 1. The molecule has 144 valence electrons. The second-order valence-corrected chi connectivity index (χ2v) is 6.07. The molecule has 3 rings (SSSR count). The van der Waals surface area contributed by atoms with E-state index in [-0.39, 0.29) is 11.9 Å². The highest BCUT2D eigenvalue weighted by atomic mass is 16.5. The summed E-state index contributed by atoms with van der Waals surface area (Å²) >= 11 is 0. The van der Waals surface area contributed by atoms with Crippen LogP contribution in [0.15, 0.2) is 60.7 Å². The number of rotatable bonds is 7. The van der Waals surface area contributed by atoms with E-state index in [4.69, 9.17) is 9.47 Å². The van der Waals surface area contributed by atoms with Crippen molar-refractivity contribution >= 4 is 17.5 Å². The maximum absolute atomic E-state index is 12.7. The zero-order valence-corrected chi connectivity index (χ0v) is 16.0. The minimum absolute atomic E-state index is 0.0776. The van der Waals surface area contributed by atoms with Gasteiger partial charge in [-0.1, -0.05) is 36.4 Å². The summed E-state index contributed by atoms with van der Waals surface area (Å²) in [7, 11) is 3.00. The van der Waals surface area contributed by atoms with E-state index >= 15 is 0 Å². The Hall–Kier alpha value is -3.61. The number of hydrogen-bond donors (Lipinski definition) is 2. The van der Waals surface area contributed by atoms with Gasteiger partial charge in [0, 0.05) is 6.04 Å². The first-order valence-corrected chi connectivity index (χ1v) is 8.80. The van der Waals surface area contributed by atoms with Crippen LogP contribution in [0.2, 0.25) is 0 Å². The van der Waals surface area contributed by atoms with E-state index < -0.39 is 0 Å². The van der Waals surface area contributed by atoms with Crippen molar-refractivity contribution in [3.63, 3.8) is 0 Å². The zero-order chi connectivity index (χ0) is 19.9. The summed E-state index contributed by atoms with van der Waals surface area (Å²) in [5, 5.41) is 14.2. The summed E-state index contributed by atoms with van der Waals surface area (Å²) in [5.74, 6) is 1.39. The second kappa shape index (κ2) is 8.85. The number of aromatic nitrogens is 2. The molecular weight excluding hydrogens is 356 g/mol. The summed E-state index contributed by atoms with van der Waals surface area (Å²) in [6.45, 7) is 2.04. The van der Waals surface area contributed by atoms with Crippen LogP contribution in [0.1, 0.15) is 28.9 Å². The molecule has 1 amide bonds. The Bertz CT molecular complexity index is 908. The van der Waals surface area contributed by atoms with Gasteiger partial charge in [0.2, 0.25) is 0 Å². The topological polar surface area (TPSA) is 85.4 Å². The molecular formula is C21H22N4O3. The molecule has 7 nitrogen and oxygen atoms in total. The molecule has 2 N–H and O–H groups in total. The van der Waals surface area contributed by atoms with Gasteiger partial charge in [-0.05, 0) is 36.8 Å². The number of nitrogens with one attached hydrogen (secondary N) is 2. The van der Waals surface area contributed by atoms with Crippen molar-refractivity contribution in [2.75, 3.05) is 24.9 Å². The molecule has 0 aliphatic heterocycles. The molecule has 0 radical (unpaired) electrons. The van der Waals surface area contributed by atoms with Crippen LogP contribution in [-0.2, 0) is 0 Å². The molecule has 0 aliphatic carbocycles. The first-order valence-electron chi connectivity index (χ1n) is 8.80. The van der Waals surface area contributed by atoms with Crippen LogP contribution in [0.5, 0.6) is 11.5 Å². The van der Waals surface area contributed by atoms with Gasteiger partial charge in [-0.2, -0.15) is 0 Å². The lowest BCUT2D eigenvalue weighted by Crippen LogP contribution is -2.16. The minimum atomic E-state index is -0.387. The van der Waals surface area contributed by atoms with Crippen LogP contribution < -0.4 is 20.1 Å². The SMILES string of the molecule is COc1cccc(OC)c1C(=O)Nc1ccc(NC(C)c2ccccc2)nn1. The van der Waals surface area contributed by atoms with Gasteiger partial charge in [-0.25, -0.2) is 0 Å². The predicted octanol–water partition coefficient (Wildman–Crippen LogP) is 3.92. The summed E-state index contributed by atoms with van der Waals surface area (Å²) in [5.41, 5.74) is 1.44. The molecule has 1 aromatic heterocycles. The van der Waals surface area contributed by atoms with E-state index in [0.717, 1.165) is 5.56 Å². The molecule has 2 aromatic carbocycles. The fraction of sp³-hybridized carbons (Fsp3) is 0.190. The van der Waals surface area contributed by atoms with Crippen molar-refractivity contribution in [3.05, 3.63) is 71.8 Å². The standard InChI is InChI=1S/C21H22N4O3/c1-14(15-8-5-4-6-9-15)22-18-12-13-19(25-24-18)23-21(26)20-16(27-2)10-7-11-17(20)28-3/h4-14H,1-3H3,(H,22,24)(H,23,25,26). The summed E-state index contributed by atoms with van der Waals surface area (Å²) in [4.78, 5) is 12.7. The third-order valence-corrected chi connectivity index (χ3v) is 4.22. The maximum atomic E-state index is 12.7. The number of nitrogens with zero attached hydrogens (tertiary/aromatic N) is 2. The van der Waals surface area contributed by atoms with Crippen LogP contribution in [0, 0.1) is 0 Å². The third kappa shape index (κ3) is 4.37. The molecule has 1 heterocycles. The van der Waals surface area contributed by atoms with Crippen LogP contribution in [0.25, 0.3) is 0 Å². The zero-order valence-electron chi connectivity index (χ0n) is 16.0. The van der Waals surface area contributed by atoms with Gasteiger partial charge in [-0.15, -0.1) is 10.2 Å². The number of ether oxygens (including phenoxy) is 2. The average Bonchev–Trinajstić information content (AvgIpc) is 2.75. The molecule has 7 heteroatoms. The molecule has 0 fully saturated rings. The highest BCUT2D eigenvalue weighted by Crippen LogP contribution is 2.29. The number of methoxy groups -OCH3 is 2. The molecule has 1 unspecified atom stereocenters. The first-order chi connectivity index (χ1) is 13.6. The van der Waals surface area contributed by atoms with E-state index in [1.165, 1.54) is 14.2 Å². The molecule has 1 atom stereocenters. The lowest BCUT2D eigenvalue weighted by atomic mass is 10.1. The van der Waals surface area contributed by atoms with Gasteiger partial charge < -0.3 is 20.1 Å². The van der Waals surface area contributed by atoms with Crippen LogP contribution in [0.3, 0.4) is 0 Å². The van der Waals surface area contributed by atoms with E-state index in [0.29, 0.717) is 28.7 Å². The summed E-state index contributed by atoms with van der Waals surface area (Å²) in [6.07, 6.45) is 0. The lowest BCUT2D eigenvalue weighted by molar-refractivity contribution is 0.102. The van der Waals surface area contributed by atoms with Gasteiger partial charge >= 0.3 is 0 Å². The Morgan fingerprint density at radius 2 is 1.46 bits per heavy atom. The fourth-order valence-electron chi connectivity index (χ4n) is 2.78. The van der Waals surface area contributed by atoms with E-state index in [9.17, 15) is 4.79 Å². The van der Waals surface area contributed by atoms with Crippen LogP contribution in [0.4, 0.5) is 11.6 Å². The largest absolute Gasteiger partial charge is 0.496 e. The molecule has 28 heavy (non-hydrogen) atoms. The minimum Gasteiger partial charge on any atom is -0.496 e. The summed E-state index contributed by atoms with van der Waals surface area (Å²) in [6, 6.07) is 18.7. The summed E-state index contributed by atoms with van der Waals surface area (Å²) < 4.78 is 10.5. The van der Waals surface area contributed by atoms with Crippen molar-refractivity contribution in [1.82, 2.24) is 10.2 Å². The smallest absolute Gasteiger partial charge is 0.264 e. The number of amides is 1. The van der Waals surface area contributed by atoms with Gasteiger partial charge in [0.05, 0.1) is 14.2 Å². The Kier molecular flexibility index (Phi) is 6.06. The van der Waals surface area contributed by atoms with Crippen molar-refractivity contribution in [2.45, 2.75) is 13.0 Å². The van der Waals surface area contributed by atoms with E-state index in [2.05, 4.69) is 20.8 Å². The average molecular weight is 378 g/mol. The molecule has 0 saturated carbocycles. The number of hydrogen-bond acceptors (Lipinski definition) is 6. The normalized spacial score (nSPS) is 11.4. The first kappa shape index (κ1) is 19.2. The predicted molar refractivity (Wildman–Crippen MR) is 108 cm³/mol. The molecule has 3 aromatic rings. The van der Waals surface area contributed by atoms with Crippen molar-refractivity contribution < 1.29 is 14.3 Å². The van der Waals surface area contributed by atoms with Gasteiger partial charge in [-0.3, -0.25) is 4.79 Å². The van der Waals surface area contributed by atoms with Crippen LogP contribution in [-0.4, -0.2) is 30.3 Å². The van der Waals surface area contributed by atoms with E-state index in [1.807, 2.05) is 37.3 Å². The number of anilines is 2. The van der Waals surface area contributed by atoms with Gasteiger partial charge in [0.25, 0.3) is 5.91 Å². The number of benzene rings is 2. The van der Waals surface area contributed by atoms with Crippen LogP contribution >= 0.6 is 0 Å². The monoisotopic (exact) mass is 378 g/mol. The quantitative estimate of drug-likeness (QED) is 0.648. The fourth-order valence-corrected chi connectivity index (χ4v) is 2.78. The molecule has 0 bridgehead atoms. The Labute approximate surface area is 163 Å². The molecule has 0 saturated heterocycles. The van der Waals surface area contributed by atoms with Crippen molar-refractivity contribution in [1.29, 1.82) is 0 Å². The highest BCUT2D eigenvalue weighted by molar-refractivity contribution is 6.07. The van der Waals surface area contributed by atoms with Gasteiger partial charge in [0.15, 0.2) is 5.82 Å². The lowest BCUT2D eigenvalue weighted by Gasteiger charge is -2.15. The maximum Gasteiger partial charge on any atom is 0.264 e. The molecule has 0 aliphatic rings. The number of carbonyl (C=O) groups is 1. The third-order valence-electron chi connectivity index (χ3n) is 4.22. The van der Waals surface area contributed by atoms with Crippen molar-refractivity contribution in [3.8, 4) is 11.5 Å². The Balaban J connectivity index is 1.70. The Morgan fingerprint density at radius 1 is 0.857 bits per heavy atom. The van der Waals surface area contributed by atoms with Crippen molar-refractivity contribution in [2.24, 2.45) is 0 Å². The highest BCUT2D eigenvalue weighted by Gasteiger charge is 2.19. The van der Waals surface area contributed by atoms with E-state index in [1.54, 1.807) is 30.3 Å². The Morgan fingerprint density at radius 3 is 2.04 bits per heavy atom. The van der Waals surface area contributed by atoms with Gasteiger partial charge in [0.1, 0.15) is 22.9 Å². The second-order valence-electron chi connectivity index (χ2n) is 6.07. The molecule has 0 spiro atoms.